The molecule has 114 valence electrons. The van der Waals surface area contributed by atoms with Gasteiger partial charge in [0.25, 0.3) is 0 Å². The van der Waals surface area contributed by atoms with Gasteiger partial charge in [0.05, 0.1) is 17.5 Å². The van der Waals surface area contributed by atoms with Crippen LogP contribution in [0, 0.1) is 17.7 Å². The molecule has 1 unspecified atom stereocenters. The molecule has 0 spiro atoms. The second-order valence-corrected chi connectivity index (χ2v) is 6.37. The van der Waals surface area contributed by atoms with Crippen LogP contribution in [0.2, 0.25) is 0 Å². The second-order valence-electron chi connectivity index (χ2n) is 4.63. The van der Waals surface area contributed by atoms with Crippen molar-refractivity contribution in [3.8, 4) is 11.8 Å². The monoisotopic (exact) mass is 312 g/mol. The molecule has 1 saturated heterocycles. The predicted molar refractivity (Wildman–Crippen MR) is 76.5 cm³/mol. The summed E-state index contributed by atoms with van der Waals surface area (Å²) in [5.74, 6) is 4.57. The van der Waals surface area contributed by atoms with E-state index in [1.807, 2.05) is 0 Å². The van der Waals surface area contributed by atoms with Crippen molar-refractivity contribution in [1.29, 1.82) is 0 Å². The molecule has 0 bridgehead atoms. The highest BCUT2D eigenvalue weighted by atomic mass is 32.2. The van der Waals surface area contributed by atoms with Crippen LogP contribution in [0.25, 0.3) is 0 Å². The van der Waals surface area contributed by atoms with Gasteiger partial charge in [-0.3, -0.25) is 0 Å². The molecule has 1 atom stereocenters. The topological polar surface area (TPSA) is 81.4 Å². The van der Waals surface area contributed by atoms with Crippen molar-refractivity contribution < 1.29 is 17.5 Å². The second kappa shape index (κ2) is 7.00. The summed E-state index contributed by atoms with van der Waals surface area (Å²) in [7, 11) is -3.77. The third kappa shape index (κ3) is 4.25. The van der Waals surface area contributed by atoms with Crippen LogP contribution in [0.4, 0.5) is 4.39 Å². The number of nitrogens with two attached hydrogens (primary N) is 1. The van der Waals surface area contributed by atoms with Crippen LogP contribution in [-0.2, 0) is 14.8 Å². The van der Waals surface area contributed by atoms with Gasteiger partial charge in [-0.25, -0.2) is 17.5 Å². The number of benzene rings is 1. The predicted octanol–water partition coefficient (Wildman–Crippen LogP) is 0.593. The average Bonchev–Trinajstić information content (AvgIpc) is 2.96. The number of halogens is 1. The molecule has 1 aromatic rings. The SMILES string of the molecule is NCC#Cc1cc(F)ccc1S(=O)(=O)NCC1CCCO1. The Bertz CT molecular complexity index is 659. The molecule has 3 N–H and O–H groups in total. The highest BCUT2D eigenvalue weighted by Gasteiger charge is 2.22. The third-order valence-corrected chi connectivity index (χ3v) is 4.56. The quantitative estimate of drug-likeness (QED) is 0.798. The number of hydrogen-bond acceptors (Lipinski definition) is 4. The fourth-order valence-corrected chi connectivity index (χ4v) is 3.27. The first-order valence-corrected chi connectivity index (χ1v) is 8.11. The Hall–Kier alpha value is -1.46. The molecule has 0 radical (unpaired) electrons. The van der Waals surface area contributed by atoms with Gasteiger partial charge in [0.2, 0.25) is 10.0 Å². The summed E-state index contributed by atoms with van der Waals surface area (Å²) in [5.41, 5.74) is 5.36. The lowest BCUT2D eigenvalue weighted by molar-refractivity contribution is 0.114. The van der Waals surface area contributed by atoms with Crippen LogP contribution >= 0.6 is 0 Å². The summed E-state index contributed by atoms with van der Waals surface area (Å²) < 4.78 is 45.7. The van der Waals surface area contributed by atoms with Crippen molar-refractivity contribution >= 4 is 10.0 Å². The van der Waals surface area contributed by atoms with Crippen molar-refractivity contribution in [2.24, 2.45) is 5.73 Å². The number of sulfonamides is 1. The molecule has 5 nitrogen and oxygen atoms in total. The standard InChI is InChI=1S/C14H17FN2O3S/c15-12-5-6-14(11(9-12)3-1-7-16)21(18,19)17-10-13-4-2-8-20-13/h5-6,9,13,17H,2,4,7-8,10,16H2. The molecule has 2 rings (SSSR count). The first kappa shape index (κ1) is 15.9. The zero-order valence-electron chi connectivity index (χ0n) is 11.4. The highest BCUT2D eigenvalue weighted by Crippen LogP contribution is 2.17. The summed E-state index contributed by atoms with van der Waals surface area (Å²) in [6.45, 7) is 0.916. The number of hydrogen-bond donors (Lipinski definition) is 2. The first-order chi connectivity index (χ1) is 10.0. The van der Waals surface area contributed by atoms with Crippen molar-refractivity contribution in [2.45, 2.75) is 23.8 Å². The highest BCUT2D eigenvalue weighted by molar-refractivity contribution is 7.89. The van der Waals surface area contributed by atoms with Gasteiger partial charge in [0.15, 0.2) is 0 Å². The maximum absolute atomic E-state index is 13.3. The zero-order chi connectivity index (χ0) is 15.3. The van der Waals surface area contributed by atoms with E-state index in [-0.39, 0.29) is 29.7 Å². The van der Waals surface area contributed by atoms with Gasteiger partial charge in [-0.2, -0.15) is 0 Å². The van der Waals surface area contributed by atoms with E-state index in [9.17, 15) is 12.8 Å². The Labute approximate surface area is 123 Å². The molecule has 1 fully saturated rings. The zero-order valence-corrected chi connectivity index (χ0v) is 12.2. The largest absolute Gasteiger partial charge is 0.377 e. The molecular weight excluding hydrogens is 295 g/mol. The minimum Gasteiger partial charge on any atom is -0.377 e. The van der Waals surface area contributed by atoms with Crippen molar-refractivity contribution in [1.82, 2.24) is 4.72 Å². The third-order valence-electron chi connectivity index (χ3n) is 3.08. The summed E-state index contributed by atoms with van der Waals surface area (Å²) in [5, 5.41) is 0. The Balaban J connectivity index is 2.21. The van der Waals surface area contributed by atoms with Crippen LogP contribution in [0.1, 0.15) is 18.4 Å². The molecule has 21 heavy (non-hydrogen) atoms. The lowest BCUT2D eigenvalue weighted by atomic mass is 10.2. The van der Waals surface area contributed by atoms with E-state index in [1.165, 1.54) is 6.07 Å². The number of rotatable bonds is 4. The van der Waals surface area contributed by atoms with Gasteiger partial charge in [-0.15, -0.1) is 0 Å². The smallest absolute Gasteiger partial charge is 0.241 e. The molecule has 0 aromatic heterocycles. The van der Waals surface area contributed by atoms with E-state index in [2.05, 4.69) is 16.6 Å². The van der Waals surface area contributed by atoms with Gasteiger partial charge in [0.1, 0.15) is 5.82 Å². The summed E-state index contributed by atoms with van der Waals surface area (Å²) in [6.07, 6.45) is 1.64. The Kier molecular flexibility index (Phi) is 5.31. The molecule has 7 heteroatoms. The van der Waals surface area contributed by atoms with Crippen molar-refractivity contribution in [2.75, 3.05) is 19.7 Å². The average molecular weight is 312 g/mol. The van der Waals surface area contributed by atoms with Crippen LogP contribution in [-0.4, -0.2) is 34.2 Å². The van der Waals surface area contributed by atoms with E-state index in [0.29, 0.717) is 6.61 Å². The van der Waals surface area contributed by atoms with E-state index in [0.717, 1.165) is 25.0 Å². The van der Waals surface area contributed by atoms with Crippen LogP contribution in [0.15, 0.2) is 23.1 Å². The number of nitrogens with one attached hydrogen (secondary N) is 1. The fourth-order valence-electron chi connectivity index (χ4n) is 2.07. The summed E-state index contributed by atoms with van der Waals surface area (Å²) in [6, 6.07) is 3.38. The van der Waals surface area contributed by atoms with Crippen molar-refractivity contribution in [3.05, 3.63) is 29.6 Å². The maximum Gasteiger partial charge on any atom is 0.241 e. The van der Waals surface area contributed by atoms with Crippen LogP contribution in [0.5, 0.6) is 0 Å². The molecule has 1 heterocycles. The normalized spacial score (nSPS) is 18.3. The minimum absolute atomic E-state index is 0.0529. The minimum atomic E-state index is -3.77. The van der Waals surface area contributed by atoms with Gasteiger partial charge in [0, 0.05) is 18.7 Å². The van der Waals surface area contributed by atoms with Gasteiger partial charge in [-0.1, -0.05) is 11.8 Å². The first-order valence-electron chi connectivity index (χ1n) is 6.62. The Morgan fingerprint density at radius 1 is 1.48 bits per heavy atom. The lowest BCUT2D eigenvalue weighted by Crippen LogP contribution is -2.32. The molecule has 0 aliphatic carbocycles. The molecule has 1 aliphatic rings. The van der Waals surface area contributed by atoms with E-state index in [1.54, 1.807) is 0 Å². The van der Waals surface area contributed by atoms with Gasteiger partial charge in [-0.05, 0) is 31.0 Å². The fraction of sp³-hybridized carbons (Fsp3) is 0.429. The van der Waals surface area contributed by atoms with Crippen LogP contribution in [0.3, 0.4) is 0 Å². The van der Waals surface area contributed by atoms with Crippen molar-refractivity contribution in [3.63, 3.8) is 0 Å². The van der Waals surface area contributed by atoms with Crippen LogP contribution < -0.4 is 10.5 Å². The van der Waals surface area contributed by atoms with E-state index < -0.39 is 15.8 Å². The van der Waals surface area contributed by atoms with E-state index >= 15 is 0 Å². The Morgan fingerprint density at radius 3 is 2.95 bits per heavy atom. The lowest BCUT2D eigenvalue weighted by Gasteiger charge is -2.12. The van der Waals surface area contributed by atoms with Gasteiger partial charge < -0.3 is 10.5 Å². The number of ether oxygens (including phenoxy) is 1. The molecule has 1 aliphatic heterocycles. The molecule has 0 saturated carbocycles. The maximum atomic E-state index is 13.3. The van der Waals surface area contributed by atoms with Gasteiger partial charge >= 0.3 is 0 Å². The molecule has 1 aromatic carbocycles. The summed E-state index contributed by atoms with van der Waals surface area (Å²) >= 11 is 0. The van der Waals surface area contributed by atoms with E-state index in [4.69, 9.17) is 10.5 Å². The Morgan fingerprint density at radius 2 is 2.29 bits per heavy atom. The molecule has 0 amide bonds. The molecular formula is C14H17FN2O3S. The summed E-state index contributed by atoms with van der Waals surface area (Å²) in [4.78, 5) is -0.0529.